The molecule has 1 aromatic rings. The van der Waals surface area contributed by atoms with Gasteiger partial charge >= 0.3 is 17.7 Å². The highest BCUT2D eigenvalue weighted by atomic mass is 16.6. The number of amides is 1. The summed E-state index contributed by atoms with van der Waals surface area (Å²) in [6.45, 7) is 3.67. The zero-order valence-corrected chi connectivity index (χ0v) is 13.8. The minimum Gasteiger partial charge on any atom is -0.462 e. The topological polar surface area (TPSA) is 82.1 Å². The monoisotopic (exact) mass is 335 g/mol. The van der Waals surface area contributed by atoms with E-state index in [9.17, 15) is 14.4 Å². The molecule has 0 bridgehead atoms. The van der Waals surface area contributed by atoms with E-state index in [1.165, 1.54) is 0 Å². The van der Waals surface area contributed by atoms with E-state index in [-0.39, 0.29) is 26.4 Å². The molecule has 0 unspecified atom stereocenters. The number of carbonyl (C=O) groups excluding carboxylic acids is 3. The molecule has 24 heavy (non-hydrogen) atoms. The zero-order chi connectivity index (χ0) is 17.6. The van der Waals surface area contributed by atoms with E-state index in [1.54, 1.807) is 44.2 Å². The molecule has 1 aliphatic heterocycles. The van der Waals surface area contributed by atoms with Crippen molar-refractivity contribution < 1.29 is 28.6 Å². The van der Waals surface area contributed by atoms with Crippen LogP contribution in [0, 0.1) is 0 Å². The molecular formula is C17H21NO6. The van der Waals surface area contributed by atoms with E-state index < -0.39 is 23.6 Å². The summed E-state index contributed by atoms with van der Waals surface area (Å²) in [5.74, 6) is -2.36. The van der Waals surface area contributed by atoms with Crippen LogP contribution in [-0.2, 0) is 23.8 Å². The van der Waals surface area contributed by atoms with Crippen LogP contribution in [0.25, 0.3) is 0 Å². The molecule has 2 rings (SSSR count). The van der Waals surface area contributed by atoms with Crippen LogP contribution in [-0.4, -0.2) is 54.8 Å². The number of hydrogen-bond donors (Lipinski definition) is 0. The van der Waals surface area contributed by atoms with Gasteiger partial charge in [-0.2, -0.15) is 0 Å². The van der Waals surface area contributed by atoms with E-state index in [1.807, 2.05) is 0 Å². The maximum Gasteiger partial charge on any atom is 0.372 e. The van der Waals surface area contributed by atoms with Crippen molar-refractivity contribution in [3.8, 4) is 0 Å². The Bertz CT molecular complexity index is 582. The fourth-order valence-electron chi connectivity index (χ4n) is 2.54. The Morgan fingerprint density at radius 3 is 2.21 bits per heavy atom. The van der Waals surface area contributed by atoms with Gasteiger partial charge in [-0.05, 0) is 32.4 Å². The first-order valence-corrected chi connectivity index (χ1v) is 7.93. The number of carbonyl (C=O) groups is 3. The summed E-state index contributed by atoms with van der Waals surface area (Å²) >= 11 is 0. The van der Waals surface area contributed by atoms with Gasteiger partial charge in [0.2, 0.25) is 0 Å². The highest BCUT2D eigenvalue weighted by Gasteiger charge is 2.59. The summed E-state index contributed by atoms with van der Waals surface area (Å²) in [7, 11) is 0. The zero-order valence-electron chi connectivity index (χ0n) is 13.8. The van der Waals surface area contributed by atoms with E-state index in [2.05, 4.69) is 0 Å². The Labute approximate surface area is 140 Å². The lowest BCUT2D eigenvalue weighted by molar-refractivity contribution is -0.221. The van der Waals surface area contributed by atoms with Crippen LogP contribution < -0.4 is 0 Å². The maximum atomic E-state index is 12.9. The molecule has 7 heteroatoms. The summed E-state index contributed by atoms with van der Waals surface area (Å²) in [6, 6.07) is 8.40. The summed E-state index contributed by atoms with van der Waals surface area (Å²) in [5.41, 5.74) is -1.85. The number of nitrogens with zero attached hydrogens (tertiary/aromatic N) is 1. The molecule has 0 atom stereocenters. The van der Waals surface area contributed by atoms with Gasteiger partial charge in [0.05, 0.1) is 19.8 Å². The predicted octanol–water partition coefficient (Wildman–Crippen LogP) is 1.37. The molecule has 1 heterocycles. The average molecular weight is 335 g/mol. The molecule has 1 saturated heterocycles. The lowest BCUT2D eigenvalue weighted by Crippen LogP contribution is -2.67. The lowest BCUT2D eigenvalue weighted by Gasteiger charge is -2.42. The van der Waals surface area contributed by atoms with Crippen molar-refractivity contribution >= 4 is 17.8 Å². The fourth-order valence-corrected chi connectivity index (χ4v) is 2.54. The first-order valence-electron chi connectivity index (χ1n) is 7.93. The first kappa shape index (κ1) is 17.9. The molecule has 130 valence electrons. The third kappa shape index (κ3) is 3.26. The Hall–Kier alpha value is -2.41. The summed E-state index contributed by atoms with van der Waals surface area (Å²) < 4.78 is 15.5. The van der Waals surface area contributed by atoms with Crippen molar-refractivity contribution in [2.24, 2.45) is 0 Å². The van der Waals surface area contributed by atoms with Crippen LogP contribution in [0.4, 0.5) is 0 Å². The second-order valence-corrected chi connectivity index (χ2v) is 5.11. The fraction of sp³-hybridized carbons (Fsp3) is 0.471. The van der Waals surface area contributed by atoms with Gasteiger partial charge in [-0.25, -0.2) is 9.59 Å². The number of esters is 2. The highest BCUT2D eigenvalue weighted by Crippen LogP contribution is 2.28. The van der Waals surface area contributed by atoms with Crippen molar-refractivity contribution in [3.05, 3.63) is 35.9 Å². The second-order valence-electron chi connectivity index (χ2n) is 5.11. The molecule has 0 saturated carbocycles. The highest BCUT2D eigenvalue weighted by molar-refractivity contribution is 6.08. The molecule has 1 fully saturated rings. The van der Waals surface area contributed by atoms with Gasteiger partial charge in [-0.1, -0.05) is 18.2 Å². The summed E-state index contributed by atoms with van der Waals surface area (Å²) in [4.78, 5) is 39.0. The van der Waals surface area contributed by atoms with Crippen molar-refractivity contribution in [2.75, 3.05) is 26.4 Å². The molecule has 1 aromatic carbocycles. The predicted molar refractivity (Wildman–Crippen MR) is 84.0 cm³/mol. The Kier molecular flexibility index (Phi) is 5.92. The van der Waals surface area contributed by atoms with Gasteiger partial charge in [-0.3, -0.25) is 9.69 Å². The van der Waals surface area contributed by atoms with Crippen LogP contribution >= 0.6 is 0 Å². The number of benzene rings is 1. The normalized spacial score (nSPS) is 16.3. The van der Waals surface area contributed by atoms with Crippen LogP contribution in [0.15, 0.2) is 30.3 Å². The van der Waals surface area contributed by atoms with E-state index >= 15 is 0 Å². The quantitative estimate of drug-likeness (QED) is 0.597. The number of ether oxygens (including phenoxy) is 3. The Morgan fingerprint density at radius 2 is 1.67 bits per heavy atom. The Morgan fingerprint density at radius 1 is 1.08 bits per heavy atom. The van der Waals surface area contributed by atoms with Gasteiger partial charge in [0.1, 0.15) is 0 Å². The van der Waals surface area contributed by atoms with Gasteiger partial charge in [0.25, 0.3) is 5.91 Å². The van der Waals surface area contributed by atoms with Crippen molar-refractivity contribution in [2.45, 2.75) is 26.0 Å². The minimum atomic E-state index is -2.20. The molecule has 7 nitrogen and oxygen atoms in total. The van der Waals surface area contributed by atoms with Gasteiger partial charge in [-0.15, -0.1) is 0 Å². The number of hydrogen-bond acceptors (Lipinski definition) is 6. The molecule has 1 amide bonds. The third-order valence-corrected chi connectivity index (χ3v) is 3.59. The first-order chi connectivity index (χ1) is 11.6. The van der Waals surface area contributed by atoms with Crippen molar-refractivity contribution in [3.63, 3.8) is 0 Å². The number of rotatable bonds is 5. The average Bonchev–Trinajstić information content (AvgIpc) is 2.62. The minimum absolute atomic E-state index is 0.0523. The standard InChI is InChI=1S/C17H21NO6/c1-3-22-15(20)17(16(21)23-4-2)18(11-8-12-24-17)14(19)13-9-6-5-7-10-13/h5-7,9-10H,3-4,8,11-12H2,1-2H3. The van der Waals surface area contributed by atoms with Gasteiger partial charge in [0, 0.05) is 12.1 Å². The molecule has 0 spiro atoms. The van der Waals surface area contributed by atoms with E-state index in [4.69, 9.17) is 14.2 Å². The largest absolute Gasteiger partial charge is 0.462 e. The molecule has 0 N–H and O–H groups in total. The van der Waals surface area contributed by atoms with Crippen molar-refractivity contribution in [1.29, 1.82) is 0 Å². The van der Waals surface area contributed by atoms with Gasteiger partial charge in [0.15, 0.2) is 0 Å². The van der Waals surface area contributed by atoms with Gasteiger partial charge < -0.3 is 14.2 Å². The second kappa shape index (κ2) is 7.92. The van der Waals surface area contributed by atoms with Crippen LogP contribution in [0.2, 0.25) is 0 Å². The van der Waals surface area contributed by atoms with Crippen LogP contribution in [0.3, 0.4) is 0 Å². The smallest absolute Gasteiger partial charge is 0.372 e. The summed E-state index contributed by atoms with van der Waals surface area (Å²) in [6.07, 6.45) is 0.499. The molecule has 0 aliphatic carbocycles. The maximum absolute atomic E-state index is 12.9. The summed E-state index contributed by atoms with van der Waals surface area (Å²) in [5, 5.41) is 0. The molecule has 1 aliphatic rings. The van der Waals surface area contributed by atoms with Crippen LogP contribution in [0.1, 0.15) is 30.6 Å². The molecular weight excluding hydrogens is 314 g/mol. The molecule has 0 radical (unpaired) electrons. The van der Waals surface area contributed by atoms with Crippen molar-refractivity contribution in [1.82, 2.24) is 4.90 Å². The Balaban J connectivity index is 2.45. The van der Waals surface area contributed by atoms with Crippen LogP contribution in [0.5, 0.6) is 0 Å². The molecule has 0 aromatic heterocycles. The lowest BCUT2D eigenvalue weighted by atomic mass is 10.1. The SMILES string of the molecule is CCOC(=O)C1(C(=O)OCC)OCCCN1C(=O)c1ccccc1. The van der Waals surface area contributed by atoms with E-state index in [0.717, 1.165) is 4.90 Å². The third-order valence-electron chi connectivity index (χ3n) is 3.59. The van der Waals surface area contributed by atoms with E-state index in [0.29, 0.717) is 12.0 Å².